The van der Waals surface area contributed by atoms with E-state index >= 15 is 0 Å². The average molecular weight is 287 g/mol. The first-order chi connectivity index (χ1) is 10.3. The van der Waals surface area contributed by atoms with E-state index in [4.69, 9.17) is 9.47 Å². The number of benzene rings is 1. The Morgan fingerprint density at radius 3 is 2.81 bits per heavy atom. The fourth-order valence-electron chi connectivity index (χ4n) is 3.14. The first-order valence-electron chi connectivity index (χ1n) is 7.49. The van der Waals surface area contributed by atoms with E-state index in [0.717, 1.165) is 16.3 Å². The molecule has 0 bridgehead atoms. The highest BCUT2D eigenvalue weighted by Gasteiger charge is 2.41. The first-order valence-corrected chi connectivity index (χ1v) is 7.49. The summed E-state index contributed by atoms with van der Waals surface area (Å²) in [6.07, 6.45) is 4.28. The van der Waals surface area contributed by atoms with Gasteiger partial charge in [-0.15, -0.1) is 0 Å². The Hall–Kier alpha value is -1.49. The predicted octanol–water partition coefficient (Wildman–Crippen LogP) is 2.85. The maximum atomic E-state index is 11.0. The number of hydrogen-bond donors (Lipinski definition) is 1. The van der Waals surface area contributed by atoms with Gasteiger partial charge in [-0.2, -0.15) is 0 Å². The quantitative estimate of drug-likeness (QED) is 0.939. The molecule has 1 N–H and O–H groups in total. The zero-order valence-corrected chi connectivity index (χ0v) is 12.3. The molecule has 0 aliphatic carbocycles. The van der Waals surface area contributed by atoms with Crippen molar-refractivity contribution in [3.05, 3.63) is 42.2 Å². The monoisotopic (exact) mass is 287 g/mol. The zero-order valence-electron chi connectivity index (χ0n) is 12.3. The normalized spacial score (nSPS) is 19.5. The van der Waals surface area contributed by atoms with Gasteiger partial charge in [-0.3, -0.25) is 4.98 Å². The van der Waals surface area contributed by atoms with Crippen LogP contribution in [0.3, 0.4) is 0 Å². The molecule has 4 heteroatoms. The maximum Gasteiger partial charge on any atom is 0.110 e. The summed E-state index contributed by atoms with van der Waals surface area (Å²) in [6.45, 7) is 3.78. The van der Waals surface area contributed by atoms with Crippen LogP contribution in [-0.2, 0) is 9.47 Å². The largest absolute Gasteiger partial charge is 0.385 e. The van der Waals surface area contributed by atoms with E-state index in [-0.39, 0.29) is 0 Å². The van der Waals surface area contributed by atoms with E-state index in [1.807, 2.05) is 37.4 Å². The van der Waals surface area contributed by atoms with E-state index in [1.165, 1.54) is 0 Å². The van der Waals surface area contributed by atoms with Gasteiger partial charge in [0.2, 0.25) is 0 Å². The standard InChI is InChI=1S/C17H21NO3/c1-2-21-17(7-9-20-10-8-17)16(19)15-12-18-11-13-5-3-4-6-14(13)15/h3-6,11-12,16,19H,2,7-10H2,1H3. The van der Waals surface area contributed by atoms with E-state index in [0.29, 0.717) is 32.7 Å². The molecule has 0 spiro atoms. The molecule has 112 valence electrons. The van der Waals surface area contributed by atoms with Crippen molar-refractivity contribution in [2.75, 3.05) is 19.8 Å². The third-order valence-corrected chi connectivity index (χ3v) is 4.26. The van der Waals surface area contributed by atoms with Crippen molar-refractivity contribution in [2.45, 2.75) is 31.5 Å². The van der Waals surface area contributed by atoms with E-state index < -0.39 is 11.7 Å². The van der Waals surface area contributed by atoms with Crippen LogP contribution in [-0.4, -0.2) is 35.5 Å². The molecule has 21 heavy (non-hydrogen) atoms. The summed E-state index contributed by atoms with van der Waals surface area (Å²) in [5, 5.41) is 13.1. The molecule has 1 saturated heterocycles. The second-order valence-electron chi connectivity index (χ2n) is 5.46. The molecule has 1 aliphatic heterocycles. The first kappa shape index (κ1) is 14.4. The molecule has 3 rings (SSSR count). The maximum absolute atomic E-state index is 11.0. The van der Waals surface area contributed by atoms with Crippen molar-refractivity contribution in [3.63, 3.8) is 0 Å². The molecular formula is C17H21NO3. The molecule has 1 atom stereocenters. The summed E-state index contributed by atoms with van der Waals surface area (Å²) in [4.78, 5) is 4.27. The molecule has 1 aromatic heterocycles. The van der Waals surface area contributed by atoms with E-state index in [2.05, 4.69) is 4.98 Å². The van der Waals surface area contributed by atoms with E-state index in [9.17, 15) is 5.11 Å². The van der Waals surface area contributed by atoms with E-state index in [1.54, 1.807) is 6.20 Å². The van der Waals surface area contributed by atoms with Gasteiger partial charge in [-0.25, -0.2) is 0 Å². The van der Waals surface area contributed by atoms with Gasteiger partial charge in [0, 0.05) is 56.0 Å². The van der Waals surface area contributed by atoms with Crippen molar-refractivity contribution in [3.8, 4) is 0 Å². The van der Waals surface area contributed by atoms with Gasteiger partial charge in [0.05, 0.1) is 0 Å². The molecule has 2 aromatic rings. The van der Waals surface area contributed by atoms with Crippen molar-refractivity contribution in [1.29, 1.82) is 0 Å². The Morgan fingerprint density at radius 2 is 2.05 bits per heavy atom. The van der Waals surface area contributed by atoms with Crippen molar-refractivity contribution in [1.82, 2.24) is 4.98 Å². The number of hydrogen-bond acceptors (Lipinski definition) is 4. The summed E-state index contributed by atoms with van der Waals surface area (Å²) in [7, 11) is 0. The van der Waals surface area contributed by atoms with Gasteiger partial charge in [0.25, 0.3) is 0 Å². The molecule has 0 amide bonds. The number of aromatic nitrogens is 1. The summed E-state index contributed by atoms with van der Waals surface area (Å²) in [5.41, 5.74) is 0.266. The zero-order chi connectivity index (χ0) is 14.7. The minimum Gasteiger partial charge on any atom is -0.385 e. The predicted molar refractivity (Wildman–Crippen MR) is 81.1 cm³/mol. The second kappa shape index (κ2) is 6.10. The van der Waals surface area contributed by atoms with Crippen molar-refractivity contribution < 1.29 is 14.6 Å². The fourth-order valence-corrected chi connectivity index (χ4v) is 3.14. The topological polar surface area (TPSA) is 51.6 Å². The lowest BCUT2D eigenvalue weighted by Crippen LogP contribution is -2.44. The van der Waals surface area contributed by atoms with Crippen LogP contribution in [0.5, 0.6) is 0 Å². The Morgan fingerprint density at radius 1 is 1.29 bits per heavy atom. The number of fused-ring (bicyclic) bond motifs is 1. The molecule has 1 aliphatic rings. The number of pyridine rings is 1. The average Bonchev–Trinajstić information content (AvgIpc) is 2.55. The van der Waals surface area contributed by atoms with Crippen LogP contribution in [0.4, 0.5) is 0 Å². The van der Waals surface area contributed by atoms with Crippen LogP contribution in [0.25, 0.3) is 10.8 Å². The third kappa shape index (κ3) is 2.67. The molecule has 1 aromatic carbocycles. The minimum absolute atomic E-state index is 0.571. The molecule has 0 radical (unpaired) electrons. The van der Waals surface area contributed by atoms with Gasteiger partial charge in [-0.1, -0.05) is 24.3 Å². The molecular weight excluding hydrogens is 266 g/mol. The van der Waals surface area contributed by atoms with Gasteiger partial charge in [0.15, 0.2) is 0 Å². The second-order valence-corrected chi connectivity index (χ2v) is 5.46. The number of aliphatic hydroxyl groups is 1. The van der Waals surface area contributed by atoms with Crippen LogP contribution in [0.2, 0.25) is 0 Å². The molecule has 1 fully saturated rings. The Kier molecular flexibility index (Phi) is 4.19. The number of rotatable bonds is 4. The highest BCUT2D eigenvalue weighted by atomic mass is 16.5. The Balaban J connectivity index is 2.03. The summed E-state index contributed by atoms with van der Waals surface area (Å²) in [6, 6.07) is 7.99. The Bertz CT molecular complexity index is 597. The lowest BCUT2D eigenvalue weighted by atomic mass is 9.83. The summed E-state index contributed by atoms with van der Waals surface area (Å²) < 4.78 is 11.4. The van der Waals surface area contributed by atoms with Crippen molar-refractivity contribution in [2.24, 2.45) is 0 Å². The van der Waals surface area contributed by atoms with Gasteiger partial charge >= 0.3 is 0 Å². The molecule has 4 nitrogen and oxygen atoms in total. The molecule has 1 unspecified atom stereocenters. The van der Waals surface area contributed by atoms with Crippen LogP contribution in [0, 0.1) is 0 Å². The third-order valence-electron chi connectivity index (χ3n) is 4.26. The summed E-state index contributed by atoms with van der Waals surface area (Å²) in [5.74, 6) is 0. The van der Waals surface area contributed by atoms with Crippen molar-refractivity contribution >= 4 is 10.8 Å². The minimum atomic E-state index is -0.694. The smallest absolute Gasteiger partial charge is 0.110 e. The number of aliphatic hydroxyl groups excluding tert-OH is 1. The van der Waals surface area contributed by atoms with Crippen LogP contribution >= 0.6 is 0 Å². The number of nitrogens with zero attached hydrogens (tertiary/aromatic N) is 1. The fraction of sp³-hybridized carbons (Fsp3) is 0.471. The van der Waals surface area contributed by atoms with Crippen LogP contribution < -0.4 is 0 Å². The Labute approximate surface area is 124 Å². The van der Waals surface area contributed by atoms with Gasteiger partial charge < -0.3 is 14.6 Å². The van der Waals surface area contributed by atoms with Crippen LogP contribution in [0.1, 0.15) is 31.4 Å². The SMILES string of the molecule is CCOC1(C(O)c2cncc3ccccc23)CCOCC1. The lowest BCUT2D eigenvalue weighted by Gasteiger charge is -2.40. The summed E-state index contributed by atoms with van der Waals surface area (Å²) >= 11 is 0. The number of ether oxygens (including phenoxy) is 2. The molecule has 2 heterocycles. The van der Waals surface area contributed by atoms with Crippen LogP contribution in [0.15, 0.2) is 36.7 Å². The van der Waals surface area contributed by atoms with Gasteiger partial charge in [0.1, 0.15) is 11.7 Å². The molecule has 0 saturated carbocycles. The highest BCUT2D eigenvalue weighted by Crippen LogP contribution is 2.39. The highest BCUT2D eigenvalue weighted by molar-refractivity contribution is 5.85. The lowest BCUT2D eigenvalue weighted by molar-refractivity contribution is -0.167. The van der Waals surface area contributed by atoms with Gasteiger partial charge in [-0.05, 0) is 12.3 Å².